The smallest absolute Gasteiger partial charge is 0.251 e. The highest BCUT2D eigenvalue weighted by Gasteiger charge is 2.41. The molecular formula is C17H26N2O2. The molecule has 1 aliphatic heterocycles. The van der Waals surface area contributed by atoms with E-state index in [1.54, 1.807) is 0 Å². The summed E-state index contributed by atoms with van der Waals surface area (Å²) in [5.74, 6) is 0.807. The van der Waals surface area contributed by atoms with Crippen LogP contribution in [0.2, 0.25) is 0 Å². The third-order valence-corrected chi connectivity index (χ3v) is 4.97. The number of carbonyl (C=O) groups is 2. The van der Waals surface area contributed by atoms with Gasteiger partial charge in [0.1, 0.15) is 0 Å². The number of nitrogens with one attached hydrogen (secondary N) is 1. The maximum atomic E-state index is 12.7. The first-order valence-corrected chi connectivity index (χ1v) is 8.39. The van der Waals surface area contributed by atoms with E-state index in [0.29, 0.717) is 5.92 Å². The van der Waals surface area contributed by atoms with Crippen LogP contribution in [-0.2, 0) is 9.59 Å². The molecule has 0 aromatic carbocycles. The van der Waals surface area contributed by atoms with Crippen molar-refractivity contribution in [1.82, 2.24) is 10.2 Å². The Labute approximate surface area is 127 Å². The maximum Gasteiger partial charge on any atom is 0.251 e. The molecule has 1 N–H and O–H groups in total. The van der Waals surface area contributed by atoms with Crippen LogP contribution >= 0.6 is 0 Å². The Hall–Kier alpha value is -1.32. The third kappa shape index (κ3) is 2.99. The normalized spacial score (nSPS) is 25.6. The van der Waals surface area contributed by atoms with Crippen LogP contribution in [0.25, 0.3) is 0 Å². The fourth-order valence-corrected chi connectivity index (χ4v) is 3.67. The van der Waals surface area contributed by atoms with E-state index in [1.165, 1.54) is 24.8 Å². The Balaban J connectivity index is 1.71. The van der Waals surface area contributed by atoms with Crippen molar-refractivity contribution in [3.05, 3.63) is 11.1 Å². The third-order valence-electron chi connectivity index (χ3n) is 4.97. The van der Waals surface area contributed by atoms with E-state index in [1.807, 2.05) is 4.90 Å². The van der Waals surface area contributed by atoms with Crippen LogP contribution in [-0.4, -0.2) is 35.3 Å². The van der Waals surface area contributed by atoms with Gasteiger partial charge in [0.05, 0.1) is 12.5 Å². The van der Waals surface area contributed by atoms with Crippen molar-refractivity contribution in [2.45, 2.75) is 70.9 Å². The zero-order valence-electron chi connectivity index (χ0n) is 13.2. The van der Waals surface area contributed by atoms with Crippen LogP contribution in [0, 0.1) is 5.92 Å². The van der Waals surface area contributed by atoms with Crippen molar-refractivity contribution < 1.29 is 9.59 Å². The number of hydrogen-bond acceptors (Lipinski definition) is 2. The summed E-state index contributed by atoms with van der Waals surface area (Å²) < 4.78 is 0. The number of nitrogens with zero attached hydrogens (tertiary/aromatic N) is 1. The van der Waals surface area contributed by atoms with E-state index in [0.717, 1.165) is 31.4 Å². The molecule has 21 heavy (non-hydrogen) atoms. The van der Waals surface area contributed by atoms with Crippen molar-refractivity contribution in [3.8, 4) is 0 Å². The van der Waals surface area contributed by atoms with Crippen LogP contribution in [0.3, 0.4) is 0 Å². The largest absolute Gasteiger partial charge is 0.356 e. The van der Waals surface area contributed by atoms with Gasteiger partial charge in [0.2, 0.25) is 5.91 Å². The Morgan fingerprint density at radius 2 is 2.05 bits per heavy atom. The van der Waals surface area contributed by atoms with Gasteiger partial charge in [-0.05, 0) is 57.4 Å². The lowest BCUT2D eigenvalue weighted by molar-refractivity contribution is -0.130. The molecule has 0 radical (unpaired) electrons. The summed E-state index contributed by atoms with van der Waals surface area (Å²) >= 11 is 0. The lowest BCUT2D eigenvalue weighted by Crippen LogP contribution is -2.41. The number of carbonyl (C=O) groups excluding carboxylic acids is 2. The lowest BCUT2D eigenvalue weighted by Gasteiger charge is -2.33. The minimum Gasteiger partial charge on any atom is -0.356 e. The van der Waals surface area contributed by atoms with E-state index in [9.17, 15) is 9.59 Å². The zero-order chi connectivity index (χ0) is 15.0. The topological polar surface area (TPSA) is 49.4 Å². The first kappa shape index (κ1) is 14.6. The van der Waals surface area contributed by atoms with Crippen LogP contribution in [0.15, 0.2) is 11.1 Å². The molecule has 0 aromatic heterocycles. The van der Waals surface area contributed by atoms with Gasteiger partial charge in [0.15, 0.2) is 0 Å². The average Bonchev–Trinajstić information content (AvgIpc) is 3.23. The summed E-state index contributed by atoms with van der Waals surface area (Å²) in [6.07, 6.45) is 7.13. The fraction of sp³-hybridized carbons (Fsp3) is 0.765. The quantitative estimate of drug-likeness (QED) is 0.845. The number of hydrogen-bond donors (Lipinski definition) is 1. The predicted octanol–water partition coefficient (Wildman–Crippen LogP) is 2.39. The molecule has 1 atom stereocenters. The van der Waals surface area contributed by atoms with Gasteiger partial charge in [0, 0.05) is 18.2 Å². The van der Waals surface area contributed by atoms with Crippen molar-refractivity contribution >= 4 is 11.8 Å². The molecule has 0 spiro atoms. The molecule has 2 fully saturated rings. The number of amides is 2. The SMILES string of the molecule is CC(C)N1C(=O)C(CC(=O)NCC2CC2)=C2CCCCC21. The standard InChI is InChI=1S/C17H26N2O2/c1-11(2)19-15-6-4-3-5-13(15)14(17(19)21)9-16(20)18-10-12-7-8-12/h11-12,15H,3-10H2,1-2H3,(H,18,20). The van der Waals surface area contributed by atoms with Crippen molar-refractivity contribution in [1.29, 1.82) is 0 Å². The Kier molecular flexibility index (Phi) is 4.05. The van der Waals surface area contributed by atoms with Gasteiger partial charge >= 0.3 is 0 Å². The highest BCUT2D eigenvalue weighted by atomic mass is 16.2. The molecule has 2 amide bonds. The maximum absolute atomic E-state index is 12.7. The predicted molar refractivity (Wildman–Crippen MR) is 81.6 cm³/mol. The zero-order valence-corrected chi connectivity index (χ0v) is 13.2. The highest BCUT2D eigenvalue weighted by molar-refractivity contribution is 6.02. The molecular weight excluding hydrogens is 264 g/mol. The first-order chi connectivity index (χ1) is 10.1. The molecule has 0 saturated heterocycles. The fourth-order valence-electron chi connectivity index (χ4n) is 3.67. The van der Waals surface area contributed by atoms with Gasteiger partial charge in [-0.2, -0.15) is 0 Å². The van der Waals surface area contributed by atoms with Crippen LogP contribution in [0.5, 0.6) is 0 Å². The van der Waals surface area contributed by atoms with Crippen molar-refractivity contribution in [2.24, 2.45) is 5.92 Å². The second-order valence-corrected chi connectivity index (χ2v) is 7.00. The van der Waals surface area contributed by atoms with E-state index >= 15 is 0 Å². The van der Waals surface area contributed by atoms with Gasteiger partial charge in [-0.15, -0.1) is 0 Å². The average molecular weight is 290 g/mol. The van der Waals surface area contributed by atoms with Crippen LogP contribution in [0.1, 0.15) is 58.8 Å². The minimum atomic E-state index is 0.0210. The molecule has 0 aromatic rings. The second kappa shape index (κ2) is 5.82. The number of rotatable bonds is 5. The van der Waals surface area contributed by atoms with Crippen LogP contribution in [0.4, 0.5) is 0 Å². The van der Waals surface area contributed by atoms with Gasteiger partial charge in [0.25, 0.3) is 5.91 Å². The molecule has 116 valence electrons. The number of fused-ring (bicyclic) bond motifs is 1. The Bertz CT molecular complexity index is 477. The van der Waals surface area contributed by atoms with E-state index < -0.39 is 0 Å². The van der Waals surface area contributed by atoms with Gasteiger partial charge in [-0.25, -0.2) is 0 Å². The lowest BCUT2D eigenvalue weighted by atomic mass is 9.88. The molecule has 4 nitrogen and oxygen atoms in total. The van der Waals surface area contributed by atoms with E-state index in [4.69, 9.17) is 0 Å². The van der Waals surface area contributed by atoms with Crippen LogP contribution < -0.4 is 5.32 Å². The molecule has 2 saturated carbocycles. The summed E-state index contributed by atoms with van der Waals surface area (Å²) in [7, 11) is 0. The van der Waals surface area contributed by atoms with Crippen molar-refractivity contribution in [3.63, 3.8) is 0 Å². The molecule has 2 aliphatic carbocycles. The first-order valence-electron chi connectivity index (χ1n) is 8.39. The molecule has 1 unspecified atom stereocenters. The van der Waals surface area contributed by atoms with E-state index in [-0.39, 0.29) is 30.3 Å². The Morgan fingerprint density at radius 3 is 2.71 bits per heavy atom. The van der Waals surface area contributed by atoms with E-state index in [2.05, 4.69) is 19.2 Å². The minimum absolute atomic E-state index is 0.0210. The molecule has 0 bridgehead atoms. The highest BCUT2D eigenvalue weighted by Crippen LogP contribution is 2.38. The molecule has 3 aliphatic rings. The molecule has 1 heterocycles. The van der Waals surface area contributed by atoms with Crippen molar-refractivity contribution in [2.75, 3.05) is 6.54 Å². The summed E-state index contributed by atoms with van der Waals surface area (Å²) in [6, 6.07) is 0.472. The summed E-state index contributed by atoms with van der Waals surface area (Å²) in [5.41, 5.74) is 2.04. The monoisotopic (exact) mass is 290 g/mol. The summed E-state index contributed by atoms with van der Waals surface area (Å²) in [4.78, 5) is 26.8. The summed E-state index contributed by atoms with van der Waals surface area (Å²) in [6.45, 7) is 4.92. The van der Waals surface area contributed by atoms with Gasteiger partial charge in [-0.1, -0.05) is 6.42 Å². The molecule has 4 heteroatoms. The second-order valence-electron chi connectivity index (χ2n) is 7.00. The van der Waals surface area contributed by atoms with Gasteiger partial charge < -0.3 is 10.2 Å². The van der Waals surface area contributed by atoms with Gasteiger partial charge in [-0.3, -0.25) is 9.59 Å². The molecule has 3 rings (SSSR count). The summed E-state index contributed by atoms with van der Waals surface area (Å²) in [5, 5.41) is 2.99. The Morgan fingerprint density at radius 1 is 1.29 bits per heavy atom.